The van der Waals surface area contributed by atoms with Crippen molar-refractivity contribution in [1.82, 2.24) is 15.1 Å². The second kappa shape index (κ2) is 10.9. The van der Waals surface area contributed by atoms with Gasteiger partial charge < -0.3 is 26.0 Å². The van der Waals surface area contributed by atoms with Crippen molar-refractivity contribution in [2.24, 2.45) is 5.73 Å². The Kier molecular flexibility index (Phi) is 8.45. The molecular formula is C19H30N4O2. The van der Waals surface area contributed by atoms with E-state index in [-0.39, 0.29) is 11.7 Å². The lowest BCUT2D eigenvalue weighted by molar-refractivity contribution is -0.116. The fourth-order valence-corrected chi connectivity index (χ4v) is 2.88. The average Bonchev–Trinajstić information content (AvgIpc) is 2.64. The van der Waals surface area contributed by atoms with Crippen molar-refractivity contribution >= 4 is 12.0 Å². The van der Waals surface area contributed by atoms with Crippen molar-refractivity contribution in [3.8, 4) is 5.75 Å². The van der Waals surface area contributed by atoms with Crippen LogP contribution in [0.25, 0.3) is 6.08 Å². The number of benzene rings is 1. The number of nitrogens with zero attached hydrogens (tertiary/aromatic N) is 2. The van der Waals surface area contributed by atoms with Gasteiger partial charge in [-0.05, 0) is 56.2 Å². The van der Waals surface area contributed by atoms with E-state index in [1.165, 1.54) is 6.08 Å². The molecule has 0 spiro atoms. The van der Waals surface area contributed by atoms with Gasteiger partial charge in [-0.3, -0.25) is 4.79 Å². The second-order valence-corrected chi connectivity index (χ2v) is 6.39. The summed E-state index contributed by atoms with van der Waals surface area (Å²) in [5.74, 6) is 0.140. The van der Waals surface area contributed by atoms with E-state index in [2.05, 4.69) is 15.1 Å². The van der Waals surface area contributed by atoms with Crippen LogP contribution in [0.5, 0.6) is 5.75 Å². The zero-order valence-electron chi connectivity index (χ0n) is 14.9. The van der Waals surface area contributed by atoms with Crippen LogP contribution in [0.15, 0.2) is 30.3 Å². The van der Waals surface area contributed by atoms with Crippen LogP contribution in [-0.2, 0) is 4.79 Å². The van der Waals surface area contributed by atoms with Gasteiger partial charge in [-0.2, -0.15) is 0 Å². The molecule has 1 aliphatic rings. The van der Waals surface area contributed by atoms with Gasteiger partial charge in [0.05, 0.1) is 0 Å². The Morgan fingerprint density at radius 3 is 2.28 bits per heavy atom. The highest BCUT2D eigenvalue weighted by Crippen LogP contribution is 2.10. The fourth-order valence-electron chi connectivity index (χ4n) is 2.88. The molecule has 0 aliphatic carbocycles. The van der Waals surface area contributed by atoms with Crippen molar-refractivity contribution in [2.45, 2.75) is 12.8 Å². The van der Waals surface area contributed by atoms with Crippen LogP contribution in [0.3, 0.4) is 0 Å². The van der Waals surface area contributed by atoms with E-state index in [4.69, 9.17) is 5.73 Å². The molecule has 0 aromatic heterocycles. The molecule has 1 aromatic rings. The highest BCUT2D eigenvalue weighted by molar-refractivity contribution is 5.91. The number of nitrogens with one attached hydrogen (secondary N) is 1. The Balaban J connectivity index is 1.55. The minimum Gasteiger partial charge on any atom is -0.508 e. The van der Waals surface area contributed by atoms with E-state index in [0.717, 1.165) is 64.2 Å². The molecule has 1 heterocycles. The van der Waals surface area contributed by atoms with Gasteiger partial charge in [0.25, 0.3) is 0 Å². The van der Waals surface area contributed by atoms with Crippen LogP contribution >= 0.6 is 0 Å². The number of rotatable bonds is 9. The molecule has 1 aliphatic heterocycles. The van der Waals surface area contributed by atoms with Crippen LogP contribution in [0.2, 0.25) is 0 Å². The van der Waals surface area contributed by atoms with Gasteiger partial charge in [0, 0.05) is 38.8 Å². The number of nitrogens with two attached hydrogens (primary N) is 1. The topological polar surface area (TPSA) is 81.8 Å². The summed E-state index contributed by atoms with van der Waals surface area (Å²) in [6.45, 7) is 8.00. The molecule has 1 amide bonds. The lowest BCUT2D eigenvalue weighted by Crippen LogP contribution is -2.47. The molecule has 1 fully saturated rings. The second-order valence-electron chi connectivity index (χ2n) is 6.39. The summed E-state index contributed by atoms with van der Waals surface area (Å²) in [7, 11) is 0. The van der Waals surface area contributed by atoms with Crippen molar-refractivity contribution in [1.29, 1.82) is 0 Å². The molecule has 0 atom stereocenters. The number of amides is 1. The standard InChI is InChI=1S/C19H30N4O2/c20-9-1-11-22-13-15-23(16-14-22)12-2-10-21-19(25)8-5-17-3-6-18(24)7-4-17/h3-8,24H,1-2,9-16,20H2,(H,21,25)/b8-5+. The Morgan fingerprint density at radius 2 is 1.68 bits per heavy atom. The van der Waals surface area contributed by atoms with Gasteiger partial charge in [0.2, 0.25) is 5.91 Å². The third-order valence-electron chi connectivity index (χ3n) is 4.41. The highest BCUT2D eigenvalue weighted by Gasteiger charge is 2.15. The average molecular weight is 346 g/mol. The van der Waals surface area contributed by atoms with Gasteiger partial charge in [0.15, 0.2) is 0 Å². The van der Waals surface area contributed by atoms with E-state index in [9.17, 15) is 9.90 Å². The predicted molar refractivity (Wildman–Crippen MR) is 101 cm³/mol. The van der Waals surface area contributed by atoms with Crippen LogP contribution in [0, 0.1) is 0 Å². The van der Waals surface area contributed by atoms with Crippen molar-refractivity contribution < 1.29 is 9.90 Å². The first-order chi connectivity index (χ1) is 12.2. The SMILES string of the molecule is NCCCN1CCN(CCCNC(=O)/C=C/c2ccc(O)cc2)CC1. The maximum atomic E-state index is 11.8. The van der Waals surface area contributed by atoms with Crippen LogP contribution in [-0.4, -0.2) is 73.2 Å². The Labute approximate surface area is 150 Å². The third-order valence-corrected chi connectivity index (χ3v) is 4.41. The molecule has 0 saturated carbocycles. The van der Waals surface area contributed by atoms with Gasteiger partial charge >= 0.3 is 0 Å². The first-order valence-corrected chi connectivity index (χ1v) is 9.07. The molecular weight excluding hydrogens is 316 g/mol. The first kappa shape index (κ1) is 19.4. The molecule has 6 heteroatoms. The van der Waals surface area contributed by atoms with E-state index >= 15 is 0 Å². The van der Waals surface area contributed by atoms with Crippen LogP contribution < -0.4 is 11.1 Å². The molecule has 1 saturated heterocycles. The largest absolute Gasteiger partial charge is 0.508 e. The van der Waals surface area contributed by atoms with E-state index in [1.54, 1.807) is 30.3 Å². The molecule has 2 rings (SSSR count). The molecule has 6 nitrogen and oxygen atoms in total. The first-order valence-electron chi connectivity index (χ1n) is 9.07. The number of piperazine rings is 1. The number of phenols is 1. The molecule has 0 unspecified atom stereocenters. The molecule has 0 bridgehead atoms. The van der Waals surface area contributed by atoms with Crippen LogP contribution in [0.4, 0.5) is 0 Å². The Hall–Kier alpha value is -1.89. The van der Waals surface area contributed by atoms with Gasteiger partial charge in [-0.25, -0.2) is 0 Å². The minimum atomic E-state index is -0.0836. The zero-order chi connectivity index (χ0) is 17.9. The normalized spacial score (nSPS) is 16.4. The number of carbonyl (C=O) groups is 1. The lowest BCUT2D eigenvalue weighted by Gasteiger charge is -2.34. The van der Waals surface area contributed by atoms with E-state index in [0.29, 0.717) is 6.54 Å². The monoisotopic (exact) mass is 346 g/mol. The van der Waals surface area contributed by atoms with E-state index in [1.807, 2.05) is 0 Å². The fraction of sp³-hybridized carbons (Fsp3) is 0.526. The number of hydrogen-bond acceptors (Lipinski definition) is 5. The smallest absolute Gasteiger partial charge is 0.243 e. The van der Waals surface area contributed by atoms with Crippen LogP contribution in [0.1, 0.15) is 18.4 Å². The minimum absolute atomic E-state index is 0.0836. The van der Waals surface area contributed by atoms with E-state index < -0.39 is 0 Å². The summed E-state index contributed by atoms with van der Waals surface area (Å²) in [6.07, 6.45) is 5.31. The maximum Gasteiger partial charge on any atom is 0.243 e. The zero-order valence-corrected chi connectivity index (χ0v) is 14.9. The molecule has 4 N–H and O–H groups in total. The predicted octanol–water partition coefficient (Wildman–Crippen LogP) is 0.878. The van der Waals surface area contributed by atoms with Gasteiger partial charge in [-0.15, -0.1) is 0 Å². The third kappa shape index (κ3) is 7.69. The van der Waals surface area contributed by atoms with Gasteiger partial charge in [0.1, 0.15) is 5.75 Å². The summed E-state index contributed by atoms with van der Waals surface area (Å²) in [5, 5.41) is 12.1. The van der Waals surface area contributed by atoms with Crippen molar-refractivity contribution in [3.63, 3.8) is 0 Å². The number of phenolic OH excluding ortho intramolecular Hbond substituents is 1. The van der Waals surface area contributed by atoms with Gasteiger partial charge in [-0.1, -0.05) is 12.1 Å². The summed E-state index contributed by atoms with van der Waals surface area (Å²) >= 11 is 0. The summed E-state index contributed by atoms with van der Waals surface area (Å²) < 4.78 is 0. The van der Waals surface area contributed by atoms with Crippen molar-refractivity contribution in [2.75, 3.05) is 52.4 Å². The number of aromatic hydroxyl groups is 1. The number of hydrogen-bond donors (Lipinski definition) is 3. The lowest BCUT2D eigenvalue weighted by atomic mass is 10.2. The maximum absolute atomic E-state index is 11.8. The molecule has 25 heavy (non-hydrogen) atoms. The summed E-state index contributed by atoms with van der Waals surface area (Å²) in [5.41, 5.74) is 6.44. The molecule has 1 aromatic carbocycles. The summed E-state index contributed by atoms with van der Waals surface area (Å²) in [4.78, 5) is 16.7. The van der Waals surface area contributed by atoms with Crippen molar-refractivity contribution in [3.05, 3.63) is 35.9 Å². The quantitative estimate of drug-likeness (QED) is 0.457. The number of carbonyl (C=O) groups excluding carboxylic acids is 1. The summed E-state index contributed by atoms with van der Waals surface area (Å²) in [6, 6.07) is 6.75. The Bertz CT molecular complexity index is 537. The Morgan fingerprint density at radius 1 is 1.08 bits per heavy atom. The molecule has 138 valence electrons. The highest BCUT2D eigenvalue weighted by atomic mass is 16.3. The molecule has 0 radical (unpaired) electrons.